The smallest absolute Gasteiger partial charge is 0.255 e. The zero-order valence-corrected chi connectivity index (χ0v) is 11.7. The van der Waals surface area contributed by atoms with Crippen LogP contribution < -0.4 is 0 Å². The van der Waals surface area contributed by atoms with Crippen LogP contribution in [0.25, 0.3) is 0 Å². The summed E-state index contributed by atoms with van der Waals surface area (Å²) in [6, 6.07) is 3.47. The Hall–Kier alpha value is -1.09. The van der Waals surface area contributed by atoms with Gasteiger partial charge in [-0.3, -0.25) is 4.79 Å². The predicted octanol–water partition coefficient (Wildman–Crippen LogP) is 3.24. The van der Waals surface area contributed by atoms with Gasteiger partial charge < -0.3 is 4.90 Å². The van der Waals surface area contributed by atoms with E-state index in [-0.39, 0.29) is 17.4 Å². The van der Waals surface area contributed by atoms with Crippen molar-refractivity contribution < 1.29 is 4.79 Å². The highest BCUT2D eigenvalue weighted by Gasteiger charge is 2.27. The first-order valence-electron chi connectivity index (χ1n) is 5.62. The minimum atomic E-state index is -0.0309. The highest BCUT2D eigenvalue weighted by Crippen LogP contribution is 2.24. The normalized spacial score (nSPS) is 13.3. The van der Waals surface area contributed by atoms with Crippen molar-refractivity contribution in [1.82, 2.24) is 9.88 Å². The fourth-order valence-electron chi connectivity index (χ4n) is 1.46. The van der Waals surface area contributed by atoms with Crippen molar-refractivity contribution in [2.75, 3.05) is 7.05 Å². The largest absolute Gasteiger partial charge is 0.338 e. The van der Waals surface area contributed by atoms with Crippen molar-refractivity contribution in [1.29, 1.82) is 0 Å². The maximum atomic E-state index is 12.2. The van der Waals surface area contributed by atoms with E-state index < -0.39 is 0 Å². The lowest BCUT2D eigenvalue weighted by atomic mass is 9.87. The summed E-state index contributed by atoms with van der Waals surface area (Å²) >= 11 is 5.70. The Morgan fingerprint density at radius 2 is 2.00 bits per heavy atom. The Kier molecular flexibility index (Phi) is 4.15. The van der Waals surface area contributed by atoms with Crippen LogP contribution in [0.15, 0.2) is 18.3 Å². The van der Waals surface area contributed by atoms with Gasteiger partial charge in [-0.05, 0) is 24.5 Å². The highest BCUT2D eigenvalue weighted by molar-refractivity contribution is 6.29. The van der Waals surface area contributed by atoms with Crippen LogP contribution in [-0.4, -0.2) is 28.9 Å². The van der Waals surface area contributed by atoms with Gasteiger partial charge in [-0.15, -0.1) is 0 Å². The van der Waals surface area contributed by atoms with Crippen LogP contribution in [0, 0.1) is 5.41 Å². The summed E-state index contributed by atoms with van der Waals surface area (Å²) in [6.45, 7) is 8.38. The Morgan fingerprint density at radius 3 is 2.41 bits per heavy atom. The summed E-state index contributed by atoms with van der Waals surface area (Å²) in [5.41, 5.74) is 0.609. The molecule has 1 atom stereocenters. The third-order valence-corrected chi connectivity index (χ3v) is 3.35. The van der Waals surface area contributed by atoms with Crippen molar-refractivity contribution in [3.8, 4) is 0 Å². The molecule has 0 aliphatic rings. The van der Waals surface area contributed by atoms with Crippen molar-refractivity contribution in [2.45, 2.75) is 33.7 Å². The second-order valence-electron chi connectivity index (χ2n) is 5.33. The molecule has 1 aromatic rings. The molecule has 1 rings (SSSR count). The lowest BCUT2D eigenvalue weighted by Gasteiger charge is -2.35. The molecule has 0 radical (unpaired) electrons. The van der Waals surface area contributed by atoms with Crippen LogP contribution in [0.4, 0.5) is 0 Å². The Labute approximate surface area is 108 Å². The number of hydrogen-bond acceptors (Lipinski definition) is 2. The highest BCUT2D eigenvalue weighted by atomic mass is 35.5. The minimum Gasteiger partial charge on any atom is -0.338 e. The Morgan fingerprint density at radius 1 is 1.41 bits per heavy atom. The van der Waals surface area contributed by atoms with Crippen LogP contribution in [0.2, 0.25) is 5.15 Å². The molecule has 1 amide bonds. The molecular formula is C13H19ClN2O. The zero-order chi connectivity index (χ0) is 13.2. The van der Waals surface area contributed by atoms with E-state index in [0.29, 0.717) is 10.7 Å². The number of aromatic nitrogens is 1. The number of pyridine rings is 1. The van der Waals surface area contributed by atoms with Gasteiger partial charge in [0.1, 0.15) is 5.15 Å². The van der Waals surface area contributed by atoms with E-state index in [9.17, 15) is 4.79 Å². The first-order valence-corrected chi connectivity index (χ1v) is 6.00. The van der Waals surface area contributed by atoms with E-state index in [0.717, 1.165) is 0 Å². The first kappa shape index (κ1) is 14.0. The molecule has 17 heavy (non-hydrogen) atoms. The summed E-state index contributed by atoms with van der Waals surface area (Å²) in [5, 5.41) is 0.396. The van der Waals surface area contributed by atoms with E-state index in [4.69, 9.17) is 11.6 Å². The van der Waals surface area contributed by atoms with Gasteiger partial charge in [0.2, 0.25) is 0 Å². The topological polar surface area (TPSA) is 33.2 Å². The van der Waals surface area contributed by atoms with E-state index in [1.165, 1.54) is 6.20 Å². The minimum absolute atomic E-state index is 0.0309. The number of halogens is 1. The maximum Gasteiger partial charge on any atom is 0.255 e. The van der Waals surface area contributed by atoms with Gasteiger partial charge in [-0.2, -0.15) is 0 Å². The molecule has 0 aliphatic heterocycles. The number of carbonyl (C=O) groups is 1. The van der Waals surface area contributed by atoms with Gasteiger partial charge in [-0.1, -0.05) is 32.4 Å². The number of hydrogen-bond donors (Lipinski definition) is 0. The van der Waals surface area contributed by atoms with Gasteiger partial charge in [0.15, 0.2) is 0 Å². The van der Waals surface area contributed by atoms with Crippen LogP contribution in [-0.2, 0) is 0 Å². The monoisotopic (exact) mass is 254 g/mol. The number of nitrogens with zero attached hydrogens (tertiary/aromatic N) is 2. The van der Waals surface area contributed by atoms with Crippen molar-refractivity contribution >= 4 is 17.5 Å². The molecule has 0 aromatic carbocycles. The van der Waals surface area contributed by atoms with Gasteiger partial charge in [0.25, 0.3) is 5.91 Å². The summed E-state index contributed by atoms with van der Waals surface area (Å²) in [6.07, 6.45) is 1.51. The third kappa shape index (κ3) is 3.43. The number of amides is 1. The maximum absolute atomic E-state index is 12.2. The average Bonchev–Trinajstić information content (AvgIpc) is 2.26. The molecule has 1 unspecified atom stereocenters. The molecule has 1 heterocycles. The number of rotatable bonds is 2. The summed E-state index contributed by atoms with van der Waals surface area (Å²) in [4.78, 5) is 17.8. The molecule has 94 valence electrons. The van der Waals surface area contributed by atoms with Crippen LogP contribution in [0.1, 0.15) is 38.1 Å². The Bertz CT molecular complexity index is 395. The molecule has 3 nitrogen and oxygen atoms in total. The van der Waals surface area contributed by atoms with E-state index in [1.54, 1.807) is 17.0 Å². The quantitative estimate of drug-likeness (QED) is 0.759. The lowest BCUT2D eigenvalue weighted by molar-refractivity contribution is 0.0629. The van der Waals surface area contributed by atoms with Gasteiger partial charge in [0.05, 0.1) is 5.56 Å². The van der Waals surface area contributed by atoms with Gasteiger partial charge in [-0.25, -0.2) is 4.98 Å². The zero-order valence-electron chi connectivity index (χ0n) is 11.0. The fourth-order valence-corrected chi connectivity index (χ4v) is 1.57. The fraction of sp³-hybridized carbons (Fsp3) is 0.538. The molecular weight excluding hydrogens is 236 g/mol. The van der Waals surface area contributed by atoms with E-state index in [2.05, 4.69) is 25.8 Å². The van der Waals surface area contributed by atoms with Crippen LogP contribution in [0.3, 0.4) is 0 Å². The van der Waals surface area contributed by atoms with Crippen molar-refractivity contribution in [3.05, 3.63) is 29.0 Å². The summed E-state index contributed by atoms with van der Waals surface area (Å²) in [5.74, 6) is -0.0309. The van der Waals surface area contributed by atoms with Gasteiger partial charge in [0, 0.05) is 19.3 Å². The number of carbonyl (C=O) groups excluding carboxylic acids is 1. The molecule has 0 spiro atoms. The summed E-state index contributed by atoms with van der Waals surface area (Å²) < 4.78 is 0. The molecule has 0 fully saturated rings. The van der Waals surface area contributed by atoms with Crippen molar-refractivity contribution in [2.24, 2.45) is 5.41 Å². The third-order valence-electron chi connectivity index (χ3n) is 3.13. The molecule has 4 heteroatoms. The standard InChI is InChI=1S/C13H19ClN2O/c1-9(13(2,3)4)16(5)12(17)10-6-7-11(14)15-8-10/h6-9H,1-5H3. The van der Waals surface area contributed by atoms with E-state index >= 15 is 0 Å². The second-order valence-corrected chi connectivity index (χ2v) is 5.71. The molecule has 0 bridgehead atoms. The molecule has 1 aromatic heterocycles. The summed E-state index contributed by atoms with van der Waals surface area (Å²) in [7, 11) is 1.81. The SMILES string of the molecule is CC(N(C)C(=O)c1ccc(Cl)nc1)C(C)(C)C. The first-order chi connectivity index (χ1) is 7.73. The average molecular weight is 255 g/mol. The van der Waals surface area contributed by atoms with Crippen LogP contribution >= 0.6 is 11.6 Å². The molecule has 0 aliphatic carbocycles. The second kappa shape index (κ2) is 5.05. The molecule has 0 saturated heterocycles. The Balaban J connectivity index is 2.87. The predicted molar refractivity (Wildman–Crippen MR) is 70.3 cm³/mol. The van der Waals surface area contributed by atoms with Crippen LogP contribution in [0.5, 0.6) is 0 Å². The molecule has 0 saturated carbocycles. The lowest BCUT2D eigenvalue weighted by Crippen LogP contribution is -2.42. The van der Waals surface area contributed by atoms with Crippen molar-refractivity contribution in [3.63, 3.8) is 0 Å². The van der Waals surface area contributed by atoms with E-state index in [1.807, 2.05) is 14.0 Å². The molecule has 0 N–H and O–H groups in total. The van der Waals surface area contributed by atoms with Gasteiger partial charge >= 0.3 is 0 Å².